The first kappa shape index (κ1) is 18.8. The molecule has 6 nitrogen and oxygen atoms in total. The standard InChI is InChI=1S/C17H13ClF3N5O/c18-14-7-6-12(9-13(14)17(19,20)21)23-16(27)15(26-10-22-24-25-26)8-11-4-2-1-3-5-11/h1-7,9-10,15H,8H2,(H,23,27). The van der Waals surface area contributed by atoms with Gasteiger partial charge in [-0.15, -0.1) is 5.10 Å². The number of benzene rings is 2. The fourth-order valence-electron chi connectivity index (χ4n) is 2.50. The van der Waals surface area contributed by atoms with Crippen LogP contribution in [0.4, 0.5) is 18.9 Å². The number of hydrogen-bond donors (Lipinski definition) is 1. The van der Waals surface area contributed by atoms with Crippen LogP contribution in [-0.4, -0.2) is 26.1 Å². The van der Waals surface area contributed by atoms with Crippen molar-refractivity contribution in [1.82, 2.24) is 20.2 Å². The summed E-state index contributed by atoms with van der Waals surface area (Å²) in [5.41, 5.74) is -0.202. The average molecular weight is 396 g/mol. The van der Waals surface area contributed by atoms with E-state index in [1.54, 1.807) is 0 Å². The number of amides is 1. The Balaban J connectivity index is 1.85. The van der Waals surface area contributed by atoms with Gasteiger partial charge in [-0.1, -0.05) is 41.9 Å². The van der Waals surface area contributed by atoms with E-state index in [2.05, 4.69) is 20.8 Å². The minimum atomic E-state index is -4.63. The number of halogens is 4. The first-order valence-electron chi connectivity index (χ1n) is 7.78. The van der Waals surface area contributed by atoms with Crippen LogP contribution in [0, 0.1) is 0 Å². The smallest absolute Gasteiger partial charge is 0.324 e. The summed E-state index contributed by atoms with van der Waals surface area (Å²) in [6.45, 7) is 0. The molecular formula is C17H13ClF3N5O. The molecule has 27 heavy (non-hydrogen) atoms. The number of hydrogen-bond acceptors (Lipinski definition) is 4. The van der Waals surface area contributed by atoms with Gasteiger partial charge in [0.1, 0.15) is 12.4 Å². The second-order valence-corrected chi connectivity index (χ2v) is 6.08. The van der Waals surface area contributed by atoms with Gasteiger partial charge in [0, 0.05) is 12.1 Å². The molecule has 0 saturated heterocycles. The van der Waals surface area contributed by atoms with Crippen LogP contribution in [0.5, 0.6) is 0 Å². The van der Waals surface area contributed by atoms with Crippen molar-refractivity contribution in [3.8, 4) is 0 Å². The van der Waals surface area contributed by atoms with Crippen LogP contribution < -0.4 is 5.32 Å². The number of aromatic nitrogens is 4. The Morgan fingerprint density at radius 1 is 1.19 bits per heavy atom. The molecule has 3 rings (SSSR count). The number of tetrazole rings is 1. The van der Waals surface area contributed by atoms with Gasteiger partial charge < -0.3 is 5.32 Å². The number of alkyl halides is 3. The van der Waals surface area contributed by atoms with Gasteiger partial charge in [-0.3, -0.25) is 4.79 Å². The Kier molecular flexibility index (Phi) is 5.41. The first-order chi connectivity index (χ1) is 12.8. The number of nitrogens with zero attached hydrogens (tertiary/aromatic N) is 4. The maximum absolute atomic E-state index is 13.0. The molecule has 1 amide bonds. The third-order valence-corrected chi connectivity index (χ3v) is 4.13. The molecule has 0 bridgehead atoms. The highest BCUT2D eigenvalue weighted by atomic mass is 35.5. The Labute approximate surface area is 157 Å². The van der Waals surface area contributed by atoms with E-state index in [0.717, 1.165) is 17.7 Å². The van der Waals surface area contributed by atoms with Gasteiger partial charge in [0.25, 0.3) is 0 Å². The lowest BCUT2D eigenvalue weighted by molar-refractivity contribution is -0.137. The highest BCUT2D eigenvalue weighted by Crippen LogP contribution is 2.36. The van der Waals surface area contributed by atoms with Gasteiger partial charge in [0.05, 0.1) is 10.6 Å². The maximum Gasteiger partial charge on any atom is 0.417 e. The molecule has 0 spiro atoms. The molecule has 0 aliphatic carbocycles. The number of anilines is 1. The molecule has 1 aromatic heterocycles. The van der Waals surface area contributed by atoms with Crippen LogP contribution in [0.15, 0.2) is 54.9 Å². The summed E-state index contributed by atoms with van der Waals surface area (Å²) < 4.78 is 40.3. The number of rotatable bonds is 5. The van der Waals surface area contributed by atoms with Crippen molar-refractivity contribution in [3.05, 3.63) is 71.0 Å². The molecular weight excluding hydrogens is 383 g/mol. The summed E-state index contributed by atoms with van der Waals surface area (Å²) >= 11 is 5.61. The fourth-order valence-corrected chi connectivity index (χ4v) is 2.73. The van der Waals surface area contributed by atoms with Gasteiger partial charge in [-0.05, 0) is 34.2 Å². The van der Waals surface area contributed by atoms with E-state index in [9.17, 15) is 18.0 Å². The molecule has 1 atom stereocenters. The predicted octanol–water partition coefficient (Wildman–Crippen LogP) is 3.77. The summed E-state index contributed by atoms with van der Waals surface area (Å²) in [6.07, 6.45) is -3.09. The van der Waals surface area contributed by atoms with E-state index in [4.69, 9.17) is 11.6 Å². The molecule has 0 fully saturated rings. The van der Waals surface area contributed by atoms with Gasteiger partial charge in [-0.2, -0.15) is 13.2 Å². The second-order valence-electron chi connectivity index (χ2n) is 5.68. The first-order valence-corrected chi connectivity index (χ1v) is 8.16. The molecule has 10 heteroatoms. The van der Waals surface area contributed by atoms with Crippen molar-refractivity contribution in [2.75, 3.05) is 5.32 Å². The molecule has 3 aromatic rings. The Bertz CT molecular complexity index is 916. The third-order valence-electron chi connectivity index (χ3n) is 3.80. The molecule has 0 aliphatic rings. The molecule has 0 aliphatic heterocycles. The Hall–Kier alpha value is -2.94. The third kappa shape index (κ3) is 4.62. The lowest BCUT2D eigenvalue weighted by Crippen LogP contribution is -2.28. The van der Waals surface area contributed by atoms with Crippen molar-refractivity contribution in [1.29, 1.82) is 0 Å². The molecule has 0 radical (unpaired) electrons. The largest absolute Gasteiger partial charge is 0.417 e. The molecule has 0 saturated carbocycles. The highest BCUT2D eigenvalue weighted by Gasteiger charge is 2.33. The maximum atomic E-state index is 13.0. The SMILES string of the molecule is O=C(Nc1ccc(Cl)c(C(F)(F)F)c1)C(Cc1ccccc1)n1cnnn1. The van der Waals surface area contributed by atoms with Gasteiger partial charge in [-0.25, -0.2) is 4.68 Å². The van der Waals surface area contributed by atoms with Crippen LogP contribution in [0.3, 0.4) is 0 Å². The van der Waals surface area contributed by atoms with Crippen molar-refractivity contribution >= 4 is 23.2 Å². The van der Waals surface area contributed by atoms with E-state index >= 15 is 0 Å². The van der Waals surface area contributed by atoms with Crippen LogP contribution in [-0.2, 0) is 17.4 Å². The quantitative estimate of drug-likeness (QED) is 0.713. The lowest BCUT2D eigenvalue weighted by atomic mass is 10.1. The van der Waals surface area contributed by atoms with E-state index in [-0.39, 0.29) is 12.1 Å². The molecule has 1 N–H and O–H groups in total. The summed E-state index contributed by atoms with van der Waals surface area (Å²) in [4.78, 5) is 12.7. The highest BCUT2D eigenvalue weighted by molar-refractivity contribution is 6.31. The van der Waals surface area contributed by atoms with Crippen LogP contribution in [0.1, 0.15) is 17.2 Å². The van der Waals surface area contributed by atoms with Crippen LogP contribution in [0.2, 0.25) is 5.02 Å². The average Bonchev–Trinajstić information content (AvgIpc) is 3.15. The van der Waals surface area contributed by atoms with E-state index < -0.39 is 28.7 Å². The van der Waals surface area contributed by atoms with Gasteiger partial charge in [0.15, 0.2) is 0 Å². The van der Waals surface area contributed by atoms with Crippen molar-refractivity contribution < 1.29 is 18.0 Å². The normalized spacial score (nSPS) is 12.6. The van der Waals surface area contributed by atoms with Gasteiger partial charge >= 0.3 is 6.18 Å². The minimum Gasteiger partial charge on any atom is -0.324 e. The Morgan fingerprint density at radius 3 is 2.56 bits per heavy atom. The zero-order chi connectivity index (χ0) is 19.4. The number of nitrogens with one attached hydrogen (secondary N) is 1. The fraction of sp³-hybridized carbons (Fsp3) is 0.176. The molecule has 1 heterocycles. The zero-order valence-electron chi connectivity index (χ0n) is 13.7. The summed E-state index contributed by atoms with van der Waals surface area (Å²) in [6, 6.07) is 11.5. The monoisotopic (exact) mass is 395 g/mol. The second kappa shape index (κ2) is 7.75. The van der Waals surface area contributed by atoms with Crippen molar-refractivity contribution in [2.24, 2.45) is 0 Å². The molecule has 1 unspecified atom stereocenters. The summed E-state index contributed by atoms with van der Waals surface area (Å²) in [5, 5.41) is 12.8. The zero-order valence-corrected chi connectivity index (χ0v) is 14.4. The summed E-state index contributed by atoms with van der Waals surface area (Å²) in [5.74, 6) is -0.554. The number of carbonyl (C=O) groups excluding carboxylic acids is 1. The van der Waals surface area contributed by atoms with Crippen molar-refractivity contribution in [3.63, 3.8) is 0 Å². The molecule has 2 aromatic carbocycles. The van der Waals surface area contributed by atoms with Crippen molar-refractivity contribution in [2.45, 2.75) is 18.6 Å². The lowest BCUT2D eigenvalue weighted by Gasteiger charge is -2.17. The summed E-state index contributed by atoms with van der Waals surface area (Å²) in [7, 11) is 0. The van der Waals surface area contributed by atoms with Crippen LogP contribution in [0.25, 0.3) is 0 Å². The van der Waals surface area contributed by atoms with E-state index in [0.29, 0.717) is 0 Å². The minimum absolute atomic E-state index is 0.0251. The van der Waals surface area contributed by atoms with E-state index in [1.807, 2.05) is 30.3 Å². The number of carbonyl (C=O) groups is 1. The molecule has 140 valence electrons. The topological polar surface area (TPSA) is 72.7 Å². The predicted molar refractivity (Wildman–Crippen MR) is 92.1 cm³/mol. The Morgan fingerprint density at radius 2 is 1.93 bits per heavy atom. The van der Waals surface area contributed by atoms with E-state index in [1.165, 1.54) is 17.1 Å². The van der Waals surface area contributed by atoms with Crippen LogP contribution >= 0.6 is 11.6 Å². The van der Waals surface area contributed by atoms with Gasteiger partial charge in [0.2, 0.25) is 5.91 Å².